The molecule has 104 valence electrons. The Balaban J connectivity index is 1.47. The Morgan fingerprint density at radius 1 is 1.10 bits per heavy atom. The number of hydrogen-bond donors (Lipinski definition) is 1. The molecule has 1 aliphatic heterocycles. The van der Waals surface area contributed by atoms with Crippen LogP contribution in [0.4, 0.5) is 0 Å². The largest absolute Gasteiger partial charge is 0.328 e. The topological polar surface area (TPSA) is 20.0 Å². The Morgan fingerprint density at radius 2 is 1.90 bits per heavy atom. The Kier molecular flexibility index (Phi) is 4.46. The first-order valence-corrected chi connectivity index (χ1v) is 7.98. The van der Waals surface area contributed by atoms with Crippen LogP contribution in [0.25, 0.3) is 0 Å². The van der Waals surface area contributed by atoms with Crippen molar-refractivity contribution in [1.29, 1.82) is 0 Å². The number of thiophene rings is 1. The normalized spacial score (nSPS) is 16.9. The molecule has 3 rings (SSSR count). The highest BCUT2D eigenvalue weighted by atomic mass is 32.1. The van der Waals surface area contributed by atoms with Crippen LogP contribution in [-0.2, 0) is 6.54 Å². The fraction of sp³-hybridized carbons (Fsp3) is 0.312. The first-order chi connectivity index (χ1) is 9.90. The molecule has 0 saturated carbocycles. The zero-order valence-corrected chi connectivity index (χ0v) is 12.4. The molecule has 3 nitrogen and oxygen atoms in total. The maximum atomic E-state index is 4.57. The van der Waals surface area contributed by atoms with E-state index in [0.29, 0.717) is 0 Å². The highest BCUT2D eigenvalue weighted by molar-refractivity contribution is 7.11. The van der Waals surface area contributed by atoms with Crippen LogP contribution in [0.5, 0.6) is 0 Å². The minimum Gasteiger partial charge on any atom is -0.328 e. The standard InChI is InChI=1S/C16H19N3S/c1-2-5-15(6-3-1)14-18-8-10-19(11-9-18)17-13-16-7-4-12-20-16/h1-7,12-13H,8-11,14H2/p+1. The number of benzene rings is 1. The average molecular weight is 286 g/mol. The first-order valence-electron chi connectivity index (χ1n) is 7.10. The molecule has 0 radical (unpaired) electrons. The van der Waals surface area contributed by atoms with Gasteiger partial charge in [-0.05, 0) is 11.4 Å². The number of nitrogens with one attached hydrogen (secondary N) is 1. The van der Waals surface area contributed by atoms with Gasteiger partial charge < -0.3 is 4.90 Å². The monoisotopic (exact) mass is 286 g/mol. The van der Waals surface area contributed by atoms with Crippen molar-refractivity contribution in [2.75, 3.05) is 26.2 Å². The lowest BCUT2D eigenvalue weighted by atomic mass is 10.2. The molecule has 0 amide bonds. The molecule has 1 aliphatic rings. The number of nitrogens with zero attached hydrogens (tertiary/aromatic N) is 2. The Labute approximate surface area is 124 Å². The third-order valence-corrected chi connectivity index (χ3v) is 4.44. The van der Waals surface area contributed by atoms with Crippen LogP contribution in [0.1, 0.15) is 10.4 Å². The predicted molar refractivity (Wildman–Crippen MR) is 84.3 cm³/mol. The summed E-state index contributed by atoms with van der Waals surface area (Å²) in [6.07, 6.45) is 1.98. The van der Waals surface area contributed by atoms with E-state index in [0.717, 1.165) is 32.7 Å². The molecule has 20 heavy (non-hydrogen) atoms. The molecular formula is C16H20N3S+. The van der Waals surface area contributed by atoms with Crippen LogP contribution in [-0.4, -0.2) is 37.4 Å². The summed E-state index contributed by atoms with van der Waals surface area (Å²) in [5.74, 6) is 0. The van der Waals surface area contributed by atoms with Crippen LogP contribution in [0.3, 0.4) is 0 Å². The predicted octanol–water partition coefficient (Wildman–Crippen LogP) is 1.48. The summed E-state index contributed by atoms with van der Waals surface area (Å²) >= 11 is 1.73. The quantitative estimate of drug-likeness (QED) is 0.844. The van der Waals surface area contributed by atoms with Gasteiger partial charge >= 0.3 is 0 Å². The zero-order chi connectivity index (χ0) is 13.6. The molecule has 0 atom stereocenters. The van der Waals surface area contributed by atoms with Gasteiger partial charge in [0.1, 0.15) is 6.54 Å². The van der Waals surface area contributed by atoms with Gasteiger partial charge in [0.15, 0.2) is 0 Å². The summed E-state index contributed by atoms with van der Waals surface area (Å²) in [5, 5.41) is 8.85. The summed E-state index contributed by atoms with van der Waals surface area (Å²) < 4.78 is 0. The van der Waals surface area contributed by atoms with Gasteiger partial charge in [0, 0.05) is 10.4 Å². The molecular weight excluding hydrogens is 266 g/mol. The molecule has 1 saturated heterocycles. The summed E-state index contributed by atoms with van der Waals surface area (Å²) in [4.78, 5) is 2.88. The molecule has 2 aromatic rings. The van der Waals surface area contributed by atoms with Crippen molar-refractivity contribution in [1.82, 2.24) is 5.01 Å². The lowest BCUT2D eigenvalue weighted by Gasteiger charge is -2.30. The molecule has 2 heterocycles. The Morgan fingerprint density at radius 3 is 2.60 bits per heavy atom. The van der Waals surface area contributed by atoms with E-state index in [1.54, 1.807) is 16.2 Å². The number of quaternary nitrogens is 1. The van der Waals surface area contributed by atoms with Crippen molar-refractivity contribution in [2.45, 2.75) is 6.54 Å². The van der Waals surface area contributed by atoms with E-state index in [1.165, 1.54) is 10.4 Å². The minimum atomic E-state index is 1.05. The second-order valence-corrected chi connectivity index (χ2v) is 6.11. The van der Waals surface area contributed by atoms with E-state index in [4.69, 9.17) is 0 Å². The second kappa shape index (κ2) is 6.68. The van der Waals surface area contributed by atoms with Crippen molar-refractivity contribution in [3.63, 3.8) is 0 Å². The summed E-state index contributed by atoms with van der Waals surface area (Å²) in [7, 11) is 0. The highest BCUT2D eigenvalue weighted by Gasteiger charge is 2.18. The highest BCUT2D eigenvalue weighted by Crippen LogP contribution is 2.05. The van der Waals surface area contributed by atoms with Gasteiger partial charge in [0.05, 0.1) is 32.4 Å². The Hall–Kier alpha value is -1.65. The summed E-state index contributed by atoms with van der Waals surface area (Å²) in [6.45, 7) is 5.55. The average Bonchev–Trinajstić information content (AvgIpc) is 3.01. The molecule has 0 bridgehead atoms. The zero-order valence-electron chi connectivity index (χ0n) is 11.5. The summed E-state index contributed by atoms with van der Waals surface area (Å²) in [5.41, 5.74) is 1.43. The second-order valence-electron chi connectivity index (χ2n) is 5.13. The van der Waals surface area contributed by atoms with Gasteiger partial charge in [-0.2, -0.15) is 5.10 Å². The van der Waals surface area contributed by atoms with E-state index < -0.39 is 0 Å². The van der Waals surface area contributed by atoms with Crippen LogP contribution < -0.4 is 4.90 Å². The maximum Gasteiger partial charge on any atom is 0.103 e. The first kappa shape index (κ1) is 13.3. The maximum absolute atomic E-state index is 4.57. The van der Waals surface area contributed by atoms with Crippen LogP contribution in [0, 0.1) is 0 Å². The molecule has 1 N–H and O–H groups in total. The molecule has 1 aromatic carbocycles. The van der Waals surface area contributed by atoms with Gasteiger partial charge in [0.2, 0.25) is 0 Å². The van der Waals surface area contributed by atoms with E-state index in [1.807, 2.05) is 6.21 Å². The van der Waals surface area contributed by atoms with Gasteiger partial charge in [0.25, 0.3) is 0 Å². The van der Waals surface area contributed by atoms with Crippen molar-refractivity contribution in [2.24, 2.45) is 5.10 Å². The number of hydrogen-bond acceptors (Lipinski definition) is 3. The fourth-order valence-corrected chi connectivity index (χ4v) is 3.07. The molecule has 0 spiro atoms. The van der Waals surface area contributed by atoms with Crippen LogP contribution in [0.15, 0.2) is 52.9 Å². The van der Waals surface area contributed by atoms with Gasteiger partial charge in [-0.15, -0.1) is 11.3 Å². The fourth-order valence-electron chi connectivity index (χ4n) is 2.49. The van der Waals surface area contributed by atoms with Gasteiger partial charge in [-0.1, -0.05) is 36.4 Å². The summed E-state index contributed by atoms with van der Waals surface area (Å²) in [6, 6.07) is 14.9. The van der Waals surface area contributed by atoms with Crippen molar-refractivity contribution in [3.05, 3.63) is 58.3 Å². The third-order valence-electron chi connectivity index (χ3n) is 3.64. The van der Waals surface area contributed by atoms with Crippen molar-refractivity contribution in [3.8, 4) is 0 Å². The molecule has 4 heteroatoms. The van der Waals surface area contributed by atoms with E-state index >= 15 is 0 Å². The van der Waals surface area contributed by atoms with Crippen LogP contribution >= 0.6 is 11.3 Å². The van der Waals surface area contributed by atoms with Crippen molar-refractivity contribution >= 4 is 17.6 Å². The smallest absolute Gasteiger partial charge is 0.103 e. The van der Waals surface area contributed by atoms with Gasteiger partial charge in [-0.25, -0.2) is 0 Å². The number of hydrazone groups is 1. The minimum absolute atomic E-state index is 1.05. The number of piperazine rings is 1. The van der Waals surface area contributed by atoms with E-state index in [9.17, 15) is 0 Å². The molecule has 1 aromatic heterocycles. The van der Waals surface area contributed by atoms with E-state index in [-0.39, 0.29) is 0 Å². The third kappa shape index (κ3) is 3.68. The van der Waals surface area contributed by atoms with E-state index in [2.05, 4.69) is 58.0 Å². The molecule has 0 aliphatic carbocycles. The SMILES string of the molecule is C(=NN1CC[NH+](Cc2ccccc2)CC1)c1cccs1. The lowest BCUT2D eigenvalue weighted by Crippen LogP contribution is -3.13. The van der Waals surface area contributed by atoms with Crippen molar-refractivity contribution < 1.29 is 4.90 Å². The van der Waals surface area contributed by atoms with Crippen LogP contribution in [0.2, 0.25) is 0 Å². The lowest BCUT2D eigenvalue weighted by molar-refractivity contribution is -0.918. The number of rotatable bonds is 4. The van der Waals surface area contributed by atoms with Gasteiger partial charge in [-0.3, -0.25) is 5.01 Å². The molecule has 1 fully saturated rings. The Bertz CT molecular complexity index is 528. The molecule has 0 unspecified atom stereocenters.